The molecule has 7 nitrogen and oxygen atoms in total. The van der Waals surface area contributed by atoms with Gasteiger partial charge in [0.1, 0.15) is 5.78 Å². The lowest BCUT2D eigenvalue weighted by atomic mass is 9.78. The van der Waals surface area contributed by atoms with Crippen molar-refractivity contribution in [1.29, 1.82) is 5.26 Å². The first kappa shape index (κ1) is 14.1. The number of carbonyl (C=O) groups excluding carboxylic acids is 3. The zero-order valence-electron chi connectivity index (χ0n) is 9.77. The van der Waals surface area contributed by atoms with Crippen molar-refractivity contribution in [1.82, 2.24) is 10.6 Å². The van der Waals surface area contributed by atoms with Crippen molar-refractivity contribution >= 4 is 35.0 Å². The van der Waals surface area contributed by atoms with Crippen molar-refractivity contribution in [3.63, 3.8) is 0 Å². The third-order valence-corrected chi connectivity index (χ3v) is 2.74. The highest BCUT2D eigenvalue weighted by Crippen LogP contribution is 2.26. The second-order valence-electron chi connectivity index (χ2n) is 3.85. The molecular formula is C10H11N3O4S. The molecule has 0 aliphatic carbocycles. The minimum absolute atomic E-state index is 0.113. The molecule has 1 heterocycles. The molecule has 0 saturated carbocycles. The molecule has 1 saturated heterocycles. The molecule has 96 valence electrons. The standard InChI is InChI=1S/C10H11N3O4S/c1-5(14)3-10(8(16)17-2)6(4-11)7(15)12-9(18)13-10/h6H,3H2,1-2H3,(H2,12,13,15,18)/t6-,10+/m1/s1. The lowest BCUT2D eigenvalue weighted by molar-refractivity contribution is -0.154. The van der Waals surface area contributed by atoms with Crippen LogP contribution in [0.5, 0.6) is 0 Å². The summed E-state index contributed by atoms with van der Waals surface area (Å²) in [6.07, 6.45) is -0.356. The lowest BCUT2D eigenvalue weighted by Crippen LogP contribution is -2.70. The normalized spacial score (nSPS) is 26.6. The van der Waals surface area contributed by atoms with Gasteiger partial charge in [-0.15, -0.1) is 0 Å². The Morgan fingerprint density at radius 3 is 2.67 bits per heavy atom. The van der Waals surface area contributed by atoms with Gasteiger partial charge in [-0.3, -0.25) is 9.59 Å². The van der Waals surface area contributed by atoms with Crippen molar-refractivity contribution in [2.24, 2.45) is 5.92 Å². The van der Waals surface area contributed by atoms with Crippen LogP contribution in [-0.4, -0.2) is 35.4 Å². The van der Waals surface area contributed by atoms with Crippen LogP contribution < -0.4 is 10.6 Å². The van der Waals surface area contributed by atoms with E-state index in [1.165, 1.54) is 6.92 Å². The second-order valence-corrected chi connectivity index (χ2v) is 4.26. The first-order valence-corrected chi connectivity index (χ1v) is 5.38. The summed E-state index contributed by atoms with van der Waals surface area (Å²) < 4.78 is 4.58. The van der Waals surface area contributed by atoms with E-state index in [1.54, 1.807) is 6.07 Å². The number of thiocarbonyl (C=S) groups is 1. The van der Waals surface area contributed by atoms with E-state index in [4.69, 9.17) is 17.5 Å². The molecule has 1 fully saturated rings. The highest BCUT2D eigenvalue weighted by atomic mass is 32.1. The smallest absolute Gasteiger partial charge is 0.333 e. The number of carbonyl (C=O) groups is 3. The molecule has 0 aromatic carbocycles. The number of nitriles is 1. The van der Waals surface area contributed by atoms with Crippen molar-refractivity contribution < 1.29 is 19.1 Å². The molecule has 1 aliphatic rings. The molecule has 0 aromatic rings. The van der Waals surface area contributed by atoms with Crippen LogP contribution in [0.25, 0.3) is 0 Å². The molecule has 0 unspecified atom stereocenters. The van der Waals surface area contributed by atoms with Crippen molar-refractivity contribution in [2.75, 3.05) is 7.11 Å². The van der Waals surface area contributed by atoms with Crippen LogP contribution in [0, 0.1) is 17.2 Å². The Hall–Kier alpha value is -2.01. The third kappa shape index (κ3) is 2.31. The van der Waals surface area contributed by atoms with Crippen LogP contribution in [0.2, 0.25) is 0 Å². The fraction of sp³-hybridized carbons (Fsp3) is 0.500. The maximum absolute atomic E-state index is 11.9. The number of rotatable bonds is 3. The third-order valence-electron chi connectivity index (χ3n) is 2.53. The number of hydrogen-bond donors (Lipinski definition) is 2. The van der Waals surface area contributed by atoms with Crippen molar-refractivity contribution in [3.05, 3.63) is 0 Å². The van der Waals surface area contributed by atoms with Gasteiger partial charge >= 0.3 is 5.97 Å². The van der Waals surface area contributed by atoms with Gasteiger partial charge in [-0.05, 0) is 19.1 Å². The maximum Gasteiger partial charge on any atom is 0.333 e. The van der Waals surface area contributed by atoms with Crippen LogP contribution in [0.1, 0.15) is 13.3 Å². The summed E-state index contributed by atoms with van der Waals surface area (Å²) in [7, 11) is 1.11. The quantitative estimate of drug-likeness (QED) is 0.500. The summed E-state index contributed by atoms with van der Waals surface area (Å²) in [6.45, 7) is 1.25. The zero-order valence-corrected chi connectivity index (χ0v) is 10.6. The summed E-state index contributed by atoms with van der Waals surface area (Å²) in [5.74, 6) is -3.36. The SMILES string of the molecule is COC(=O)[C@@]1(CC(C)=O)NC(=S)NC(=O)[C@H]1C#N. The Balaban J connectivity index is 3.31. The van der Waals surface area contributed by atoms with Gasteiger partial charge in [0.2, 0.25) is 5.91 Å². The number of ketones is 1. The number of amides is 1. The molecule has 1 amide bonds. The van der Waals surface area contributed by atoms with Gasteiger partial charge in [-0.2, -0.15) is 5.26 Å². The molecular weight excluding hydrogens is 258 g/mol. The van der Waals surface area contributed by atoms with Gasteiger partial charge in [-0.25, -0.2) is 4.79 Å². The van der Waals surface area contributed by atoms with Gasteiger partial charge in [0.25, 0.3) is 0 Å². The predicted molar refractivity (Wildman–Crippen MR) is 63.0 cm³/mol. The van der Waals surface area contributed by atoms with Gasteiger partial charge in [0, 0.05) is 6.42 Å². The lowest BCUT2D eigenvalue weighted by Gasteiger charge is -2.38. The largest absolute Gasteiger partial charge is 0.467 e. The maximum atomic E-state index is 11.9. The molecule has 0 radical (unpaired) electrons. The Labute approximate surface area is 108 Å². The fourth-order valence-electron chi connectivity index (χ4n) is 1.84. The van der Waals surface area contributed by atoms with Gasteiger partial charge in [0.05, 0.1) is 13.2 Å². The number of methoxy groups -OCH3 is 1. The van der Waals surface area contributed by atoms with Gasteiger partial charge in [-0.1, -0.05) is 0 Å². The number of hydrogen-bond acceptors (Lipinski definition) is 6. The second kappa shape index (κ2) is 5.10. The summed E-state index contributed by atoms with van der Waals surface area (Å²) in [5, 5.41) is 13.7. The van der Waals surface area contributed by atoms with Crippen LogP contribution in [0.15, 0.2) is 0 Å². The zero-order chi connectivity index (χ0) is 13.9. The molecule has 18 heavy (non-hydrogen) atoms. The number of ether oxygens (including phenoxy) is 1. The first-order chi connectivity index (χ1) is 8.37. The van der Waals surface area contributed by atoms with Crippen LogP contribution in [-0.2, 0) is 19.1 Å². The van der Waals surface area contributed by atoms with Crippen LogP contribution in [0.3, 0.4) is 0 Å². The van der Waals surface area contributed by atoms with Crippen molar-refractivity contribution in [2.45, 2.75) is 18.9 Å². The average molecular weight is 269 g/mol. The van der Waals surface area contributed by atoms with E-state index in [0.29, 0.717) is 0 Å². The highest BCUT2D eigenvalue weighted by molar-refractivity contribution is 7.80. The average Bonchev–Trinajstić information content (AvgIpc) is 2.26. The Kier molecular flexibility index (Phi) is 3.98. The molecule has 0 spiro atoms. The van der Waals surface area contributed by atoms with E-state index in [0.717, 1.165) is 7.11 Å². The van der Waals surface area contributed by atoms with Gasteiger partial charge < -0.3 is 15.4 Å². The first-order valence-electron chi connectivity index (χ1n) is 4.98. The van der Waals surface area contributed by atoms with E-state index in [2.05, 4.69) is 15.4 Å². The van der Waals surface area contributed by atoms with E-state index < -0.39 is 23.3 Å². The molecule has 2 atom stereocenters. The van der Waals surface area contributed by atoms with E-state index in [-0.39, 0.29) is 17.3 Å². The molecule has 2 N–H and O–H groups in total. The Morgan fingerprint density at radius 2 is 2.22 bits per heavy atom. The number of nitrogens with zero attached hydrogens (tertiary/aromatic N) is 1. The number of esters is 1. The topological polar surface area (TPSA) is 108 Å². The fourth-order valence-corrected chi connectivity index (χ4v) is 2.13. The highest BCUT2D eigenvalue weighted by Gasteiger charge is 2.55. The van der Waals surface area contributed by atoms with E-state index in [9.17, 15) is 14.4 Å². The van der Waals surface area contributed by atoms with Crippen LogP contribution in [0.4, 0.5) is 0 Å². The van der Waals surface area contributed by atoms with Gasteiger partial charge in [0.15, 0.2) is 16.6 Å². The summed E-state index contributed by atoms with van der Waals surface area (Å²) in [4.78, 5) is 34.8. The van der Waals surface area contributed by atoms with E-state index in [1.807, 2.05) is 0 Å². The predicted octanol–water partition coefficient (Wildman–Crippen LogP) is -0.979. The monoisotopic (exact) mass is 269 g/mol. The summed E-state index contributed by atoms with van der Waals surface area (Å²) in [6, 6.07) is 1.70. The molecule has 0 bridgehead atoms. The van der Waals surface area contributed by atoms with Crippen molar-refractivity contribution in [3.8, 4) is 6.07 Å². The van der Waals surface area contributed by atoms with E-state index >= 15 is 0 Å². The molecule has 1 rings (SSSR count). The number of nitrogens with one attached hydrogen (secondary N) is 2. The summed E-state index contributed by atoms with van der Waals surface area (Å²) in [5.41, 5.74) is -1.76. The molecule has 8 heteroatoms. The van der Waals surface area contributed by atoms with Crippen LogP contribution >= 0.6 is 12.2 Å². The minimum Gasteiger partial charge on any atom is -0.467 e. The minimum atomic E-state index is -1.76. The molecule has 0 aromatic heterocycles. The molecule has 1 aliphatic heterocycles. The summed E-state index contributed by atoms with van der Waals surface area (Å²) >= 11 is 4.78. The Morgan fingerprint density at radius 1 is 1.61 bits per heavy atom. The number of Topliss-reactive ketones (excluding diaryl/α,β-unsaturated/α-hetero) is 1. The Bertz CT molecular complexity index is 466.